The highest BCUT2D eigenvalue weighted by Gasteiger charge is 2.13. The van der Waals surface area contributed by atoms with Crippen molar-refractivity contribution in [1.82, 2.24) is 0 Å². The van der Waals surface area contributed by atoms with Gasteiger partial charge in [-0.1, -0.05) is 22.9 Å². The molecule has 0 amide bonds. The number of ether oxygens (including phenoxy) is 1. The molecule has 0 bridgehead atoms. The van der Waals surface area contributed by atoms with E-state index >= 15 is 0 Å². The fourth-order valence-electron chi connectivity index (χ4n) is 1.50. The third kappa shape index (κ3) is 4.12. The normalized spacial score (nSPS) is 23.5. The van der Waals surface area contributed by atoms with Crippen molar-refractivity contribution < 1.29 is 4.74 Å². The zero-order chi connectivity index (χ0) is 8.10. The number of hydrogen-bond donors (Lipinski definition) is 0. The van der Waals surface area contributed by atoms with Crippen LogP contribution in [0.5, 0.6) is 0 Å². The topological polar surface area (TPSA) is 9.23 Å². The van der Waals surface area contributed by atoms with Crippen molar-refractivity contribution in [3.8, 4) is 0 Å². The second-order valence-corrected chi connectivity index (χ2v) is 4.98. The number of hydrogen-bond acceptors (Lipinski definition) is 1. The molecule has 0 aromatic rings. The highest BCUT2D eigenvalue weighted by molar-refractivity contribution is 9.09. The highest BCUT2D eigenvalue weighted by Crippen LogP contribution is 2.22. The van der Waals surface area contributed by atoms with Crippen molar-refractivity contribution in [1.29, 1.82) is 0 Å². The standard InChI is InChI=1S/C9H17BrO/c1-8(10)2-3-9-4-6-11-7-5-9/h8-9H,2-7H2,1H3. The van der Waals surface area contributed by atoms with Crippen LogP contribution >= 0.6 is 15.9 Å². The lowest BCUT2D eigenvalue weighted by atomic mass is 9.94. The quantitative estimate of drug-likeness (QED) is 0.665. The fourth-order valence-corrected chi connectivity index (χ4v) is 1.76. The molecule has 2 heteroatoms. The third-order valence-corrected chi connectivity index (χ3v) is 2.77. The maximum absolute atomic E-state index is 5.29. The van der Waals surface area contributed by atoms with E-state index in [0.717, 1.165) is 19.1 Å². The molecule has 1 atom stereocenters. The van der Waals surface area contributed by atoms with E-state index in [4.69, 9.17) is 4.74 Å². The minimum absolute atomic E-state index is 0.686. The van der Waals surface area contributed by atoms with E-state index in [1.165, 1.54) is 25.7 Å². The molecule has 0 saturated carbocycles. The van der Waals surface area contributed by atoms with Gasteiger partial charge in [0.25, 0.3) is 0 Å². The summed E-state index contributed by atoms with van der Waals surface area (Å²) >= 11 is 3.57. The SMILES string of the molecule is CC(Br)CCC1CCOCC1. The Bertz CT molecular complexity index is 97.7. The van der Waals surface area contributed by atoms with Crippen LogP contribution in [0.15, 0.2) is 0 Å². The molecule has 1 unspecified atom stereocenters. The van der Waals surface area contributed by atoms with Crippen molar-refractivity contribution in [2.75, 3.05) is 13.2 Å². The first-order chi connectivity index (χ1) is 5.29. The zero-order valence-corrected chi connectivity index (χ0v) is 8.77. The molecular weight excluding hydrogens is 204 g/mol. The molecular formula is C9H17BrO. The third-order valence-electron chi connectivity index (χ3n) is 2.31. The summed E-state index contributed by atoms with van der Waals surface area (Å²) in [6, 6.07) is 0. The van der Waals surface area contributed by atoms with Crippen LogP contribution in [0.25, 0.3) is 0 Å². The van der Waals surface area contributed by atoms with Gasteiger partial charge in [-0.15, -0.1) is 0 Å². The second-order valence-electron chi connectivity index (χ2n) is 3.41. The number of alkyl halides is 1. The van der Waals surface area contributed by atoms with Gasteiger partial charge in [0.2, 0.25) is 0 Å². The Morgan fingerprint density at radius 3 is 2.64 bits per heavy atom. The molecule has 0 aromatic carbocycles. The summed E-state index contributed by atoms with van der Waals surface area (Å²) in [5, 5.41) is 0. The van der Waals surface area contributed by atoms with Gasteiger partial charge in [-0.05, 0) is 31.6 Å². The van der Waals surface area contributed by atoms with E-state index in [0.29, 0.717) is 4.83 Å². The van der Waals surface area contributed by atoms with Crippen LogP contribution in [0.4, 0.5) is 0 Å². The maximum atomic E-state index is 5.29. The average Bonchev–Trinajstić information content (AvgIpc) is 2.03. The minimum atomic E-state index is 0.686. The van der Waals surface area contributed by atoms with Crippen molar-refractivity contribution in [2.24, 2.45) is 5.92 Å². The van der Waals surface area contributed by atoms with Gasteiger partial charge >= 0.3 is 0 Å². The summed E-state index contributed by atoms with van der Waals surface area (Å²) in [6.45, 7) is 4.20. The molecule has 1 nitrogen and oxygen atoms in total. The summed E-state index contributed by atoms with van der Waals surface area (Å²) in [6.07, 6.45) is 5.24. The molecule has 11 heavy (non-hydrogen) atoms. The molecule has 1 heterocycles. The Labute approximate surface area is 77.6 Å². The molecule has 1 saturated heterocycles. The van der Waals surface area contributed by atoms with Crippen molar-refractivity contribution in [3.63, 3.8) is 0 Å². The van der Waals surface area contributed by atoms with Crippen LogP contribution in [-0.4, -0.2) is 18.0 Å². The molecule has 0 radical (unpaired) electrons. The smallest absolute Gasteiger partial charge is 0.0468 e. The van der Waals surface area contributed by atoms with Crippen LogP contribution < -0.4 is 0 Å². The van der Waals surface area contributed by atoms with E-state index in [1.807, 2.05) is 0 Å². The lowest BCUT2D eigenvalue weighted by Gasteiger charge is -2.22. The van der Waals surface area contributed by atoms with Gasteiger partial charge in [0, 0.05) is 18.0 Å². The summed E-state index contributed by atoms with van der Waals surface area (Å²) in [4.78, 5) is 0.686. The van der Waals surface area contributed by atoms with Gasteiger partial charge in [-0.3, -0.25) is 0 Å². The van der Waals surface area contributed by atoms with Crippen molar-refractivity contribution in [3.05, 3.63) is 0 Å². The monoisotopic (exact) mass is 220 g/mol. The lowest BCUT2D eigenvalue weighted by Crippen LogP contribution is -2.16. The molecule has 1 fully saturated rings. The molecule has 66 valence electrons. The second kappa shape index (κ2) is 5.15. The Morgan fingerprint density at radius 2 is 2.09 bits per heavy atom. The summed E-state index contributed by atoms with van der Waals surface area (Å²) in [7, 11) is 0. The molecule has 0 spiro atoms. The molecule has 1 aliphatic heterocycles. The fraction of sp³-hybridized carbons (Fsp3) is 1.00. The highest BCUT2D eigenvalue weighted by atomic mass is 79.9. The average molecular weight is 221 g/mol. The lowest BCUT2D eigenvalue weighted by molar-refractivity contribution is 0.0634. The van der Waals surface area contributed by atoms with Gasteiger partial charge in [-0.25, -0.2) is 0 Å². The van der Waals surface area contributed by atoms with E-state index in [1.54, 1.807) is 0 Å². The van der Waals surface area contributed by atoms with Gasteiger partial charge in [0.05, 0.1) is 0 Å². The summed E-state index contributed by atoms with van der Waals surface area (Å²) < 4.78 is 5.29. The van der Waals surface area contributed by atoms with Crippen LogP contribution in [0.2, 0.25) is 0 Å². The first-order valence-corrected chi connectivity index (χ1v) is 5.42. The van der Waals surface area contributed by atoms with Gasteiger partial charge < -0.3 is 4.74 Å². The van der Waals surface area contributed by atoms with E-state index in [-0.39, 0.29) is 0 Å². The van der Waals surface area contributed by atoms with Crippen LogP contribution in [0.1, 0.15) is 32.6 Å². The Kier molecular flexibility index (Phi) is 4.46. The van der Waals surface area contributed by atoms with Gasteiger partial charge in [-0.2, -0.15) is 0 Å². The summed E-state index contributed by atoms with van der Waals surface area (Å²) in [5.74, 6) is 0.934. The zero-order valence-electron chi connectivity index (χ0n) is 7.18. The Morgan fingerprint density at radius 1 is 1.45 bits per heavy atom. The molecule has 0 aromatic heterocycles. The Hall–Kier alpha value is 0.440. The van der Waals surface area contributed by atoms with Gasteiger partial charge in [0.15, 0.2) is 0 Å². The van der Waals surface area contributed by atoms with Crippen LogP contribution in [0, 0.1) is 5.92 Å². The molecule has 0 aliphatic carbocycles. The van der Waals surface area contributed by atoms with Crippen molar-refractivity contribution >= 4 is 15.9 Å². The minimum Gasteiger partial charge on any atom is -0.381 e. The van der Waals surface area contributed by atoms with E-state index in [9.17, 15) is 0 Å². The Balaban J connectivity index is 2.05. The first kappa shape index (κ1) is 9.53. The first-order valence-electron chi connectivity index (χ1n) is 4.51. The molecule has 1 aliphatic rings. The van der Waals surface area contributed by atoms with Crippen LogP contribution in [-0.2, 0) is 4.74 Å². The van der Waals surface area contributed by atoms with Gasteiger partial charge in [0.1, 0.15) is 0 Å². The summed E-state index contributed by atoms with van der Waals surface area (Å²) in [5.41, 5.74) is 0. The molecule has 0 N–H and O–H groups in total. The number of rotatable bonds is 3. The predicted molar refractivity (Wildman–Crippen MR) is 51.2 cm³/mol. The van der Waals surface area contributed by atoms with Crippen LogP contribution in [0.3, 0.4) is 0 Å². The maximum Gasteiger partial charge on any atom is 0.0468 e. The van der Waals surface area contributed by atoms with Crippen molar-refractivity contribution in [2.45, 2.75) is 37.4 Å². The van der Waals surface area contributed by atoms with E-state index in [2.05, 4.69) is 22.9 Å². The predicted octanol–water partition coefficient (Wildman–Crippen LogP) is 2.98. The molecule has 1 rings (SSSR count). The number of halogens is 1. The largest absolute Gasteiger partial charge is 0.381 e. The van der Waals surface area contributed by atoms with E-state index < -0.39 is 0 Å².